The SMILES string of the molecule is CCn1c(SCCN2CCOC(C)C2)nnc1-c1ccncc1. The molecule has 0 amide bonds. The van der Waals surface area contributed by atoms with Crippen LogP contribution in [0.2, 0.25) is 0 Å². The molecule has 3 heterocycles. The molecule has 1 fully saturated rings. The van der Waals surface area contributed by atoms with Gasteiger partial charge in [-0.1, -0.05) is 11.8 Å². The summed E-state index contributed by atoms with van der Waals surface area (Å²) in [7, 11) is 0. The zero-order chi connectivity index (χ0) is 16.1. The summed E-state index contributed by atoms with van der Waals surface area (Å²) in [5.74, 6) is 1.93. The summed E-state index contributed by atoms with van der Waals surface area (Å²) in [6.07, 6.45) is 3.92. The van der Waals surface area contributed by atoms with E-state index in [9.17, 15) is 0 Å². The molecule has 0 spiro atoms. The molecular formula is C16H23N5OS. The third kappa shape index (κ3) is 4.10. The molecule has 0 saturated carbocycles. The Balaban J connectivity index is 1.61. The van der Waals surface area contributed by atoms with Crippen molar-refractivity contribution in [3.8, 4) is 11.4 Å². The van der Waals surface area contributed by atoms with Crippen molar-refractivity contribution < 1.29 is 4.74 Å². The maximum absolute atomic E-state index is 5.58. The van der Waals surface area contributed by atoms with Crippen LogP contribution < -0.4 is 0 Å². The van der Waals surface area contributed by atoms with Crippen molar-refractivity contribution >= 4 is 11.8 Å². The number of pyridine rings is 1. The third-order valence-corrected chi connectivity index (χ3v) is 4.88. The zero-order valence-electron chi connectivity index (χ0n) is 13.7. The van der Waals surface area contributed by atoms with Gasteiger partial charge in [-0.05, 0) is 26.0 Å². The van der Waals surface area contributed by atoms with Crippen LogP contribution >= 0.6 is 11.8 Å². The maximum Gasteiger partial charge on any atom is 0.191 e. The monoisotopic (exact) mass is 333 g/mol. The van der Waals surface area contributed by atoms with Crippen LogP contribution in [0.25, 0.3) is 11.4 Å². The van der Waals surface area contributed by atoms with E-state index in [0.29, 0.717) is 6.10 Å². The Kier molecular flexibility index (Phi) is 5.64. The van der Waals surface area contributed by atoms with Crippen molar-refractivity contribution in [2.75, 3.05) is 32.0 Å². The maximum atomic E-state index is 5.58. The standard InChI is InChI=1S/C16H23N5OS/c1-3-21-15(14-4-6-17-7-5-14)18-19-16(21)23-11-9-20-8-10-22-13(2)12-20/h4-7,13H,3,8-12H2,1-2H3. The fourth-order valence-corrected chi connectivity index (χ4v) is 3.76. The second kappa shape index (κ2) is 7.90. The minimum Gasteiger partial charge on any atom is -0.376 e. The lowest BCUT2D eigenvalue weighted by molar-refractivity contribution is -0.0158. The van der Waals surface area contributed by atoms with Gasteiger partial charge < -0.3 is 9.30 Å². The lowest BCUT2D eigenvalue weighted by atomic mass is 10.2. The van der Waals surface area contributed by atoms with Gasteiger partial charge in [0.2, 0.25) is 0 Å². The van der Waals surface area contributed by atoms with E-state index in [-0.39, 0.29) is 0 Å². The highest BCUT2D eigenvalue weighted by molar-refractivity contribution is 7.99. The Bertz CT molecular complexity index is 618. The zero-order valence-corrected chi connectivity index (χ0v) is 14.5. The minimum absolute atomic E-state index is 0.339. The van der Waals surface area contributed by atoms with Gasteiger partial charge in [-0.3, -0.25) is 9.88 Å². The highest BCUT2D eigenvalue weighted by Gasteiger charge is 2.17. The molecule has 23 heavy (non-hydrogen) atoms. The van der Waals surface area contributed by atoms with Crippen LogP contribution in [0, 0.1) is 0 Å². The Labute approximate surface area is 141 Å². The Morgan fingerprint density at radius 3 is 2.87 bits per heavy atom. The number of nitrogens with zero attached hydrogens (tertiary/aromatic N) is 5. The topological polar surface area (TPSA) is 56.1 Å². The smallest absolute Gasteiger partial charge is 0.191 e. The summed E-state index contributed by atoms with van der Waals surface area (Å²) >= 11 is 1.77. The van der Waals surface area contributed by atoms with E-state index >= 15 is 0 Å². The first-order chi connectivity index (χ1) is 11.3. The van der Waals surface area contributed by atoms with Gasteiger partial charge in [-0.2, -0.15) is 0 Å². The van der Waals surface area contributed by atoms with Gasteiger partial charge in [0, 0.05) is 49.9 Å². The molecule has 7 heteroatoms. The summed E-state index contributed by atoms with van der Waals surface area (Å²) in [6.45, 7) is 9.05. The highest BCUT2D eigenvalue weighted by atomic mass is 32.2. The third-order valence-electron chi connectivity index (χ3n) is 3.94. The van der Waals surface area contributed by atoms with Crippen LogP contribution in [0.3, 0.4) is 0 Å². The predicted octanol–water partition coefficient (Wildman–Crippen LogP) is 2.17. The van der Waals surface area contributed by atoms with E-state index < -0.39 is 0 Å². The predicted molar refractivity (Wildman–Crippen MR) is 91.5 cm³/mol. The van der Waals surface area contributed by atoms with Crippen LogP contribution in [0.4, 0.5) is 0 Å². The molecule has 2 aromatic rings. The quantitative estimate of drug-likeness (QED) is 0.755. The molecule has 1 aliphatic heterocycles. The molecule has 1 aliphatic rings. The number of hydrogen-bond donors (Lipinski definition) is 0. The number of morpholine rings is 1. The largest absolute Gasteiger partial charge is 0.376 e. The fraction of sp³-hybridized carbons (Fsp3) is 0.562. The number of hydrogen-bond acceptors (Lipinski definition) is 6. The summed E-state index contributed by atoms with van der Waals surface area (Å²) in [5, 5.41) is 9.73. The van der Waals surface area contributed by atoms with Crippen molar-refractivity contribution in [3.63, 3.8) is 0 Å². The summed E-state index contributed by atoms with van der Waals surface area (Å²) in [5.41, 5.74) is 1.06. The van der Waals surface area contributed by atoms with E-state index in [2.05, 4.69) is 38.5 Å². The van der Waals surface area contributed by atoms with Crippen molar-refractivity contribution in [1.82, 2.24) is 24.6 Å². The molecule has 3 rings (SSSR count). The first-order valence-corrected chi connectivity index (χ1v) is 9.07. The molecule has 6 nitrogen and oxygen atoms in total. The van der Waals surface area contributed by atoms with Crippen molar-refractivity contribution in [1.29, 1.82) is 0 Å². The molecule has 0 aliphatic carbocycles. The number of aromatic nitrogens is 4. The van der Waals surface area contributed by atoms with E-state index in [1.807, 2.05) is 12.1 Å². The van der Waals surface area contributed by atoms with E-state index in [4.69, 9.17) is 4.74 Å². The lowest BCUT2D eigenvalue weighted by Gasteiger charge is -2.30. The van der Waals surface area contributed by atoms with Gasteiger partial charge in [-0.25, -0.2) is 0 Å². The van der Waals surface area contributed by atoms with Gasteiger partial charge in [0.05, 0.1) is 12.7 Å². The van der Waals surface area contributed by atoms with Crippen LogP contribution in [-0.4, -0.2) is 62.7 Å². The minimum atomic E-state index is 0.339. The molecule has 124 valence electrons. The molecule has 0 bridgehead atoms. The molecule has 1 saturated heterocycles. The second-order valence-electron chi connectivity index (χ2n) is 5.62. The van der Waals surface area contributed by atoms with E-state index in [1.54, 1.807) is 24.2 Å². The number of thioether (sulfide) groups is 1. The normalized spacial score (nSPS) is 19.1. The highest BCUT2D eigenvalue weighted by Crippen LogP contribution is 2.23. The average molecular weight is 333 g/mol. The molecule has 1 atom stereocenters. The van der Waals surface area contributed by atoms with Crippen LogP contribution in [0.1, 0.15) is 13.8 Å². The van der Waals surface area contributed by atoms with Gasteiger partial charge >= 0.3 is 0 Å². The van der Waals surface area contributed by atoms with E-state index in [1.165, 1.54) is 0 Å². The van der Waals surface area contributed by atoms with Crippen molar-refractivity contribution in [2.45, 2.75) is 31.7 Å². The molecule has 0 N–H and O–H groups in total. The first kappa shape index (κ1) is 16.4. The average Bonchev–Trinajstić information content (AvgIpc) is 2.99. The Morgan fingerprint density at radius 2 is 2.13 bits per heavy atom. The van der Waals surface area contributed by atoms with E-state index in [0.717, 1.165) is 55.1 Å². The van der Waals surface area contributed by atoms with Crippen LogP contribution in [-0.2, 0) is 11.3 Å². The first-order valence-electron chi connectivity index (χ1n) is 8.08. The second-order valence-corrected chi connectivity index (χ2v) is 6.68. The summed E-state index contributed by atoms with van der Waals surface area (Å²) in [4.78, 5) is 6.52. The van der Waals surface area contributed by atoms with Crippen LogP contribution in [0.15, 0.2) is 29.7 Å². The van der Waals surface area contributed by atoms with Gasteiger partial charge in [0.15, 0.2) is 11.0 Å². The van der Waals surface area contributed by atoms with Gasteiger partial charge in [0.1, 0.15) is 0 Å². The molecule has 0 radical (unpaired) electrons. The number of rotatable bonds is 6. The van der Waals surface area contributed by atoms with Gasteiger partial charge in [-0.15, -0.1) is 10.2 Å². The Morgan fingerprint density at radius 1 is 1.30 bits per heavy atom. The van der Waals surface area contributed by atoms with Crippen molar-refractivity contribution in [3.05, 3.63) is 24.5 Å². The molecule has 2 aromatic heterocycles. The summed E-state index contributed by atoms with van der Waals surface area (Å²) < 4.78 is 7.75. The fourth-order valence-electron chi connectivity index (χ4n) is 2.75. The lowest BCUT2D eigenvalue weighted by Crippen LogP contribution is -2.42. The molecule has 1 unspecified atom stereocenters. The Hall–Kier alpha value is -1.44. The number of ether oxygens (including phenoxy) is 1. The molecule has 0 aromatic carbocycles. The molecular weight excluding hydrogens is 310 g/mol. The van der Waals surface area contributed by atoms with Gasteiger partial charge in [0.25, 0.3) is 0 Å². The summed E-state index contributed by atoms with van der Waals surface area (Å²) in [6, 6.07) is 3.94. The van der Waals surface area contributed by atoms with Crippen molar-refractivity contribution in [2.24, 2.45) is 0 Å². The van der Waals surface area contributed by atoms with Crippen LogP contribution in [0.5, 0.6) is 0 Å².